The van der Waals surface area contributed by atoms with E-state index in [0.29, 0.717) is 0 Å². The number of ether oxygens (including phenoxy) is 1. The second-order valence-corrected chi connectivity index (χ2v) is 12.3. The second-order valence-electron chi connectivity index (χ2n) is 12.3. The van der Waals surface area contributed by atoms with E-state index in [1.165, 1.54) is 36.8 Å². The molecule has 1 heterocycles. The molecule has 0 amide bonds. The van der Waals surface area contributed by atoms with Gasteiger partial charge in [0.15, 0.2) is 5.75 Å². The molecule has 0 spiro atoms. The monoisotopic (exact) mass is 512 g/mol. The van der Waals surface area contributed by atoms with E-state index in [-0.39, 0.29) is 10.8 Å². The van der Waals surface area contributed by atoms with Crippen LogP contribution in [0.15, 0.2) is 60.7 Å². The second kappa shape index (κ2) is 11.6. The molecule has 0 fully saturated rings. The molecule has 0 saturated heterocycles. The maximum atomic E-state index is 6.00. The lowest BCUT2D eigenvalue weighted by atomic mass is 9.72. The van der Waals surface area contributed by atoms with Crippen molar-refractivity contribution in [3.8, 4) is 11.4 Å². The van der Waals surface area contributed by atoms with Crippen molar-refractivity contribution in [2.75, 3.05) is 12.4 Å². The molecule has 4 rings (SSSR count). The number of fused-ring (bicyclic) bond motifs is 1. The summed E-state index contributed by atoms with van der Waals surface area (Å²) in [5, 5.41) is 13.2. The van der Waals surface area contributed by atoms with E-state index in [9.17, 15) is 0 Å². The van der Waals surface area contributed by atoms with Crippen LogP contribution in [-0.2, 0) is 11.8 Å². The number of methoxy groups -OCH3 is 1. The van der Waals surface area contributed by atoms with Crippen molar-refractivity contribution in [2.45, 2.75) is 85.5 Å². The number of rotatable bonds is 11. The summed E-state index contributed by atoms with van der Waals surface area (Å²) in [6.07, 6.45) is 7.28. The molecule has 0 atom stereocenters. The number of aromatic nitrogens is 3. The first-order chi connectivity index (χ1) is 18.1. The fourth-order valence-electron chi connectivity index (χ4n) is 5.52. The average Bonchev–Trinajstić information content (AvgIpc) is 3.30. The van der Waals surface area contributed by atoms with E-state index in [0.717, 1.165) is 46.7 Å². The fraction of sp³-hybridized carbons (Fsp3) is 0.455. The Kier molecular flexibility index (Phi) is 8.44. The first kappa shape index (κ1) is 27.7. The Labute approximate surface area is 228 Å². The van der Waals surface area contributed by atoms with E-state index in [1.807, 2.05) is 24.3 Å². The summed E-state index contributed by atoms with van der Waals surface area (Å²) in [6.45, 7) is 13.8. The van der Waals surface area contributed by atoms with E-state index in [4.69, 9.17) is 14.9 Å². The van der Waals surface area contributed by atoms with Crippen molar-refractivity contribution in [3.63, 3.8) is 0 Å². The largest absolute Gasteiger partial charge is 0.492 e. The van der Waals surface area contributed by atoms with Crippen molar-refractivity contribution < 1.29 is 4.74 Å². The Morgan fingerprint density at radius 1 is 0.842 bits per heavy atom. The van der Waals surface area contributed by atoms with Crippen LogP contribution in [0.2, 0.25) is 0 Å². The van der Waals surface area contributed by atoms with Gasteiger partial charge in [0.05, 0.1) is 12.8 Å². The van der Waals surface area contributed by atoms with Crippen LogP contribution in [0.1, 0.15) is 84.8 Å². The summed E-state index contributed by atoms with van der Waals surface area (Å²) in [6, 6.07) is 21.2. The van der Waals surface area contributed by atoms with Crippen LogP contribution in [0, 0.1) is 5.41 Å². The molecule has 0 radical (unpaired) electrons. The molecule has 202 valence electrons. The Morgan fingerprint density at radius 3 is 2.08 bits per heavy atom. The van der Waals surface area contributed by atoms with Gasteiger partial charge in [0.1, 0.15) is 16.7 Å². The molecule has 0 aliphatic rings. The Bertz CT molecular complexity index is 1310. The summed E-state index contributed by atoms with van der Waals surface area (Å²) in [5.41, 5.74) is 7.23. The highest BCUT2D eigenvalue weighted by Gasteiger charge is 2.30. The predicted molar refractivity (Wildman–Crippen MR) is 160 cm³/mol. The minimum atomic E-state index is -0.0649. The zero-order valence-corrected chi connectivity index (χ0v) is 24.3. The normalized spacial score (nSPS) is 12.2. The molecule has 0 saturated carbocycles. The minimum absolute atomic E-state index is 0.0649. The highest BCUT2D eigenvalue weighted by atomic mass is 16.5. The van der Waals surface area contributed by atoms with E-state index >= 15 is 0 Å². The van der Waals surface area contributed by atoms with Gasteiger partial charge in [0.25, 0.3) is 0 Å². The average molecular weight is 513 g/mol. The highest BCUT2D eigenvalue weighted by molar-refractivity contribution is 5.76. The van der Waals surface area contributed by atoms with Gasteiger partial charge in [0, 0.05) is 5.69 Å². The molecule has 4 aromatic rings. The van der Waals surface area contributed by atoms with Gasteiger partial charge in [-0.3, -0.25) is 0 Å². The van der Waals surface area contributed by atoms with Gasteiger partial charge in [-0.1, -0.05) is 85.1 Å². The minimum Gasteiger partial charge on any atom is -0.492 e. The zero-order valence-electron chi connectivity index (χ0n) is 24.3. The summed E-state index contributed by atoms with van der Waals surface area (Å²) in [7, 11) is 1.71. The third kappa shape index (κ3) is 6.75. The summed E-state index contributed by atoms with van der Waals surface area (Å²) < 4.78 is 6.00. The Morgan fingerprint density at radius 2 is 1.50 bits per heavy atom. The Balaban J connectivity index is 1.74. The lowest BCUT2D eigenvalue weighted by Gasteiger charge is -2.34. The SMILES string of the molecule is CCCCCCc1ccc(Nc2cc(C(C)(C)CC(C)(C)C)cc(-n3nc4ccccc4n3)c2OC)cc1. The van der Waals surface area contributed by atoms with E-state index in [2.05, 4.69) is 83.3 Å². The molecule has 5 nitrogen and oxygen atoms in total. The molecular weight excluding hydrogens is 468 g/mol. The van der Waals surface area contributed by atoms with Gasteiger partial charge < -0.3 is 10.1 Å². The third-order valence-electron chi connectivity index (χ3n) is 7.08. The molecule has 5 heteroatoms. The zero-order chi connectivity index (χ0) is 27.3. The fourth-order valence-corrected chi connectivity index (χ4v) is 5.52. The van der Waals surface area contributed by atoms with E-state index < -0.39 is 0 Å². The molecule has 0 aliphatic heterocycles. The predicted octanol–water partition coefficient (Wildman–Crippen LogP) is 9.01. The van der Waals surface area contributed by atoms with Crippen LogP contribution >= 0.6 is 0 Å². The van der Waals surface area contributed by atoms with Gasteiger partial charge in [0.2, 0.25) is 0 Å². The number of hydrogen-bond donors (Lipinski definition) is 1. The molecule has 0 bridgehead atoms. The first-order valence-electron chi connectivity index (χ1n) is 14.0. The highest BCUT2D eigenvalue weighted by Crippen LogP contribution is 2.42. The van der Waals surface area contributed by atoms with Crippen molar-refractivity contribution >= 4 is 22.4 Å². The quantitative estimate of drug-likeness (QED) is 0.204. The summed E-state index contributed by atoms with van der Waals surface area (Å²) in [4.78, 5) is 1.71. The number of benzene rings is 3. The molecular formula is C33H44N4O. The molecule has 3 aromatic carbocycles. The molecule has 1 N–H and O–H groups in total. The van der Waals surface area contributed by atoms with Crippen LogP contribution < -0.4 is 10.1 Å². The number of anilines is 2. The van der Waals surface area contributed by atoms with Gasteiger partial charge >= 0.3 is 0 Å². The van der Waals surface area contributed by atoms with Crippen molar-refractivity contribution in [1.82, 2.24) is 15.0 Å². The van der Waals surface area contributed by atoms with Gasteiger partial charge in [-0.25, -0.2) is 0 Å². The van der Waals surface area contributed by atoms with Gasteiger partial charge in [-0.2, -0.15) is 0 Å². The van der Waals surface area contributed by atoms with Crippen LogP contribution in [0.4, 0.5) is 11.4 Å². The summed E-state index contributed by atoms with van der Waals surface area (Å²) >= 11 is 0. The van der Waals surface area contributed by atoms with Crippen LogP contribution in [0.3, 0.4) is 0 Å². The van der Waals surface area contributed by atoms with Gasteiger partial charge in [-0.15, -0.1) is 15.0 Å². The van der Waals surface area contributed by atoms with Crippen LogP contribution in [-0.4, -0.2) is 22.1 Å². The van der Waals surface area contributed by atoms with E-state index in [1.54, 1.807) is 11.9 Å². The van der Waals surface area contributed by atoms with Crippen LogP contribution in [0.25, 0.3) is 16.7 Å². The van der Waals surface area contributed by atoms with Crippen molar-refractivity contribution in [2.24, 2.45) is 5.41 Å². The third-order valence-corrected chi connectivity index (χ3v) is 7.08. The standard InChI is InChI=1S/C33H44N4O/c1-8-9-10-11-14-24-17-19-26(20-18-24)34-29-21-25(33(5,6)23-32(2,3)4)22-30(31(29)38-7)37-35-27-15-12-13-16-28(27)36-37/h12-13,15-22,34H,8-11,14,23H2,1-7H3. The molecule has 38 heavy (non-hydrogen) atoms. The lowest BCUT2D eigenvalue weighted by Crippen LogP contribution is -2.25. The van der Waals surface area contributed by atoms with Crippen molar-refractivity contribution in [3.05, 3.63) is 71.8 Å². The lowest BCUT2D eigenvalue weighted by molar-refractivity contribution is 0.284. The molecule has 0 aliphatic carbocycles. The maximum Gasteiger partial charge on any atom is 0.169 e. The number of unbranched alkanes of at least 4 members (excludes halogenated alkanes) is 3. The van der Waals surface area contributed by atoms with Crippen molar-refractivity contribution in [1.29, 1.82) is 0 Å². The summed E-state index contributed by atoms with van der Waals surface area (Å²) in [5.74, 6) is 0.726. The molecule has 0 unspecified atom stereocenters. The van der Waals surface area contributed by atoms with Crippen LogP contribution in [0.5, 0.6) is 5.75 Å². The number of aryl methyl sites for hydroxylation is 1. The number of nitrogens with one attached hydrogen (secondary N) is 1. The smallest absolute Gasteiger partial charge is 0.169 e. The molecule has 1 aromatic heterocycles. The maximum absolute atomic E-state index is 6.00. The van der Waals surface area contributed by atoms with Gasteiger partial charge in [-0.05, 0) is 77.6 Å². The topological polar surface area (TPSA) is 52.0 Å². The number of nitrogens with zero attached hydrogens (tertiary/aromatic N) is 3. The first-order valence-corrected chi connectivity index (χ1v) is 14.0. The number of hydrogen-bond acceptors (Lipinski definition) is 4. The Hall–Kier alpha value is -3.34.